The Labute approximate surface area is 123 Å². The van der Waals surface area contributed by atoms with Crippen LogP contribution in [0.2, 0.25) is 0 Å². The molecule has 0 radical (unpaired) electrons. The molecule has 0 spiro atoms. The van der Waals surface area contributed by atoms with Crippen LogP contribution in [0.4, 0.5) is 11.8 Å². The molecule has 0 aliphatic carbocycles. The first-order valence-electron chi connectivity index (χ1n) is 6.66. The molecule has 0 saturated carbocycles. The maximum absolute atomic E-state index is 11.4. The number of fused-ring (bicyclic) bond motifs is 1. The lowest BCUT2D eigenvalue weighted by molar-refractivity contribution is 0.588. The third-order valence-electron chi connectivity index (χ3n) is 2.79. The fourth-order valence-electron chi connectivity index (χ4n) is 1.68. The van der Waals surface area contributed by atoms with Crippen molar-refractivity contribution in [2.45, 2.75) is 13.3 Å². The van der Waals surface area contributed by atoms with Gasteiger partial charge in [-0.2, -0.15) is 9.97 Å². The van der Waals surface area contributed by atoms with Crippen LogP contribution in [0, 0.1) is 0 Å². The monoisotopic (exact) mass is 313 g/mol. The van der Waals surface area contributed by atoms with Gasteiger partial charge in [0.25, 0.3) is 0 Å². The fraction of sp³-hybridized carbons (Fsp3) is 0.545. The topological polar surface area (TPSA) is 125 Å². The summed E-state index contributed by atoms with van der Waals surface area (Å²) in [6.07, 6.45) is 2.48. The summed E-state index contributed by atoms with van der Waals surface area (Å²) in [6.45, 7) is 3.03. The molecule has 0 amide bonds. The standard InChI is InChI=1S/C11H19N7O2S/c1-3-4-14-11-17-9(8-10(18-11)16-7-15-8)13-5-6-21(19,20)12-2/h7,12H,3-6H2,1-2H3,(H3,13,14,15,16,17,18). The third-order valence-corrected chi connectivity index (χ3v) is 4.16. The second kappa shape index (κ2) is 6.68. The molecule has 10 heteroatoms. The minimum atomic E-state index is -3.25. The zero-order valence-corrected chi connectivity index (χ0v) is 12.8. The van der Waals surface area contributed by atoms with Crippen LogP contribution in [0.5, 0.6) is 0 Å². The molecule has 0 aromatic carbocycles. The number of nitrogens with one attached hydrogen (secondary N) is 4. The van der Waals surface area contributed by atoms with Gasteiger partial charge in [-0.15, -0.1) is 0 Å². The molecule has 21 heavy (non-hydrogen) atoms. The molecule has 9 nitrogen and oxygen atoms in total. The van der Waals surface area contributed by atoms with E-state index in [0.717, 1.165) is 13.0 Å². The highest BCUT2D eigenvalue weighted by molar-refractivity contribution is 7.89. The molecule has 116 valence electrons. The summed E-state index contributed by atoms with van der Waals surface area (Å²) in [5.74, 6) is 0.957. The van der Waals surface area contributed by atoms with Crippen LogP contribution < -0.4 is 15.4 Å². The number of H-pyrrole nitrogens is 1. The number of rotatable bonds is 8. The summed E-state index contributed by atoms with van der Waals surface area (Å²) in [7, 11) is -1.86. The van der Waals surface area contributed by atoms with Gasteiger partial charge in [-0.1, -0.05) is 6.92 Å². The maximum atomic E-state index is 11.4. The summed E-state index contributed by atoms with van der Waals surface area (Å²) in [6, 6.07) is 0. The summed E-state index contributed by atoms with van der Waals surface area (Å²) in [5, 5.41) is 6.09. The van der Waals surface area contributed by atoms with Gasteiger partial charge in [-0.3, -0.25) is 0 Å². The Kier molecular flexibility index (Phi) is 4.91. The largest absolute Gasteiger partial charge is 0.367 e. The molecular formula is C11H19N7O2S. The second-order valence-electron chi connectivity index (χ2n) is 4.37. The lowest BCUT2D eigenvalue weighted by atomic mass is 10.4. The van der Waals surface area contributed by atoms with Crippen molar-refractivity contribution < 1.29 is 8.42 Å². The Morgan fingerprint density at radius 2 is 2.05 bits per heavy atom. The van der Waals surface area contributed by atoms with Gasteiger partial charge in [0.15, 0.2) is 11.5 Å². The fourth-order valence-corrected chi connectivity index (χ4v) is 2.26. The molecule has 0 aliphatic heterocycles. The van der Waals surface area contributed by atoms with Crippen molar-refractivity contribution in [1.82, 2.24) is 24.7 Å². The third kappa shape index (κ3) is 4.02. The molecule has 0 saturated heterocycles. The summed E-state index contributed by atoms with van der Waals surface area (Å²) in [5.41, 5.74) is 1.18. The average molecular weight is 313 g/mol. The van der Waals surface area contributed by atoms with Crippen molar-refractivity contribution in [3.05, 3.63) is 6.33 Å². The van der Waals surface area contributed by atoms with Crippen molar-refractivity contribution in [3.63, 3.8) is 0 Å². The highest BCUT2D eigenvalue weighted by Crippen LogP contribution is 2.18. The molecule has 0 atom stereocenters. The molecule has 2 aromatic rings. The van der Waals surface area contributed by atoms with Gasteiger partial charge in [-0.05, 0) is 13.5 Å². The van der Waals surface area contributed by atoms with Crippen molar-refractivity contribution in [1.29, 1.82) is 0 Å². The highest BCUT2D eigenvalue weighted by Gasteiger charge is 2.11. The first-order valence-corrected chi connectivity index (χ1v) is 8.31. The Balaban J connectivity index is 2.15. The summed E-state index contributed by atoms with van der Waals surface area (Å²) >= 11 is 0. The molecule has 2 aromatic heterocycles. The molecule has 0 aliphatic rings. The Morgan fingerprint density at radius 1 is 1.24 bits per heavy atom. The average Bonchev–Trinajstić information content (AvgIpc) is 2.93. The van der Waals surface area contributed by atoms with Crippen LogP contribution in [-0.4, -0.2) is 54.2 Å². The number of nitrogens with zero attached hydrogens (tertiary/aromatic N) is 3. The number of hydrogen-bond donors (Lipinski definition) is 4. The molecule has 4 N–H and O–H groups in total. The molecule has 0 unspecified atom stereocenters. The van der Waals surface area contributed by atoms with E-state index in [2.05, 4.69) is 35.3 Å². The van der Waals surface area contributed by atoms with E-state index in [1.807, 2.05) is 6.92 Å². The lowest BCUT2D eigenvalue weighted by Crippen LogP contribution is -2.26. The van der Waals surface area contributed by atoms with Crippen LogP contribution in [0.1, 0.15) is 13.3 Å². The first-order chi connectivity index (χ1) is 10.1. The highest BCUT2D eigenvalue weighted by atomic mass is 32.2. The summed E-state index contributed by atoms with van der Waals surface area (Å²) in [4.78, 5) is 15.7. The first kappa shape index (κ1) is 15.4. The second-order valence-corrected chi connectivity index (χ2v) is 6.42. The smallest absolute Gasteiger partial charge is 0.226 e. The predicted molar refractivity (Wildman–Crippen MR) is 81.8 cm³/mol. The number of sulfonamides is 1. The van der Waals surface area contributed by atoms with E-state index in [0.29, 0.717) is 22.9 Å². The van der Waals surface area contributed by atoms with Gasteiger partial charge < -0.3 is 15.6 Å². The van der Waals surface area contributed by atoms with Crippen LogP contribution >= 0.6 is 0 Å². The van der Waals surface area contributed by atoms with Gasteiger partial charge >= 0.3 is 0 Å². The number of hydrogen-bond acceptors (Lipinski definition) is 7. The van der Waals surface area contributed by atoms with E-state index in [-0.39, 0.29) is 12.3 Å². The predicted octanol–water partition coefficient (Wildman–Crippen LogP) is 0.136. The van der Waals surface area contributed by atoms with E-state index in [4.69, 9.17) is 0 Å². The lowest BCUT2D eigenvalue weighted by Gasteiger charge is -2.09. The summed E-state index contributed by atoms with van der Waals surface area (Å²) < 4.78 is 25.1. The quantitative estimate of drug-likeness (QED) is 0.546. The van der Waals surface area contributed by atoms with Crippen molar-refractivity contribution in [3.8, 4) is 0 Å². The van der Waals surface area contributed by atoms with Crippen molar-refractivity contribution in [2.75, 3.05) is 36.5 Å². The number of aromatic nitrogens is 4. The molecule has 0 bridgehead atoms. The molecule has 2 heterocycles. The maximum Gasteiger partial charge on any atom is 0.226 e. The molecule has 0 fully saturated rings. The normalized spacial score (nSPS) is 11.7. The van der Waals surface area contributed by atoms with Gasteiger partial charge in [0.05, 0.1) is 12.1 Å². The van der Waals surface area contributed by atoms with E-state index in [9.17, 15) is 8.42 Å². The van der Waals surface area contributed by atoms with E-state index < -0.39 is 10.0 Å². The number of imidazole rings is 1. The zero-order chi connectivity index (χ0) is 15.3. The molecule has 2 rings (SSSR count). The van der Waals surface area contributed by atoms with E-state index >= 15 is 0 Å². The number of anilines is 2. The van der Waals surface area contributed by atoms with E-state index in [1.54, 1.807) is 0 Å². The minimum Gasteiger partial charge on any atom is -0.367 e. The Hall–Kier alpha value is -1.94. The van der Waals surface area contributed by atoms with Crippen LogP contribution in [0.3, 0.4) is 0 Å². The van der Waals surface area contributed by atoms with Crippen molar-refractivity contribution in [2.24, 2.45) is 0 Å². The van der Waals surface area contributed by atoms with Crippen LogP contribution in [0.25, 0.3) is 11.2 Å². The van der Waals surface area contributed by atoms with Gasteiger partial charge in [-0.25, -0.2) is 18.1 Å². The number of aromatic amines is 1. The zero-order valence-electron chi connectivity index (χ0n) is 12.0. The van der Waals surface area contributed by atoms with Gasteiger partial charge in [0.2, 0.25) is 16.0 Å². The van der Waals surface area contributed by atoms with Crippen molar-refractivity contribution >= 4 is 33.0 Å². The molecular weight excluding hydrogens is 294 g/mol. The Bertz CT molecular complexity index is 698. The van der Waals surface area contributed by atoms with E-state index in [1.165, 1.54) is 13.4 Å². The Morgan fingerprint density at radius 3 is 2.76 bits per heavy atom. The SMILES string of the molecule is CCCNc1nc(NCCS(=O)(=O)NC)c2[nH]cnc2n1. The van der Waals surface area contributed by atoms with Crippen LogP contribution in [0.15, 0.2) is 6.33 Å². The van der Waals surface area contributed by atoms with Gasteiger partial charge in [0.1, 0.15) is 5.52 Å². The minimum absolute atomic E-state index is 0.0408. The van der Waals surface area contributed by atoms with Crippen LogP contribution in [-0.2, 0) is 10.0 Å². The van der Waals surface area contributed by atoms with Gasteiger partial charge in [0, 0.05) is 13.1 Å².